The van der Waals surface area contributed by atoms with E-state index in [0.29, 0.717) is 12.3 Å². The molecule has 0 radical (unpaired) electrons. The molecular formula is C11H15FN2O2S. The lowest BCUT2D eigenvalue weighted by molar-refractivity contribution is 0.0956. The normalized spacial score (nSPS) is 11.9. The summed E-state index contributed by atoms with van der Waals surface area (Å²) in [5.74, 6) is -0.464. The van der Waals surface area contributed by atoms with Crippen LogP contribution in [0.1, 0.15) is 10.4 Å². The molecule has 1 rings (SSSR count). The van der Waals surface area contributed by atoms with Crippen LogP contribution in [0.4, 0.5) is 10.1 Å². The zero-order chi connectivity index (χ0) is 12.8. The van der Waals surface area contributed by atoms with Crippen molar-refractivity contribution in [1.82, 2.24) is 5.32 Å². The number of halogens is 1. The zero-order valence-corrected chi connectivity index (χ0v) is 10.6. The summed E-state index contributed by atoms with van der Waals surface area (Å²) in [6.45, 7) is 0.307. The Morgan fingerprint density at radius 2 is 2.18 bits per heavy atom. The van der Waals surface area contributed by atoms with Gasteiger partial charge in [0, 0.05) is 36.4 Å². The maximum Gasteiger partial charge on any atom is 0.253 e. The van der Waals surface area contributed by atoms with Crippen molar-refractivity contribution >= 4 is 22.4 Å². The molecular weight excluding hydrogens is 243 g/mol. The Labute approximate surface area is 102 Å². The fourth-order valence-electron chi connectivity index (χ4n) is 1.37. The number of hydrogen-bond acceptors (Lipinski definition) is 3. The van der Waals surface area contributed by atoms with Crippen LogP contribution in [0.25, 0.3) is 0 Å². The summed E-state index contributed by atoms with van der Waals surface area (Å²) in [6.07, 6.45) is 1.56. The summed E-state index contributed by atoms with van der Waals surface area (Å²) in [4.78, 5) is 11.7. The quantitative estimate of drug-likeness (QED) is 0.827. The molecule has 0 aromatic heterocycles. The first-order valence-corrected chi connectivity index (χ1v) is 6.83. The molecule has 1 amide bonds. The van der Waals surface area contributed by atoms with E-state index in [0.717, 1.165) is 0 Å². The molecule has 0 aliphatic rings. The second-order valence-corrected chi connectivity index (χ2v) is 5.00. The number of nitrogens with one attached hydrogen (secondary N) is 2. The molecule has 6 heteroatoms. The van der Waals surface area contributed by atoms with E-state index >= 15 is 0 Å². The van der Waals surface area contributed by atoms with E-state index in [4.69, 9.17) is 0 Å². The molecule has 0 aliphatic heterocycles. The molecule has 2 N–H and O–H groups in total. The molecule has 0 heterocycles. The van der Waals surface area contributed by atoms with Crippen LogP contribution in [0.2, 0.25) is 0 Å². The molecule has 0 spiro atoms. The summed E-state index contributed by atoms with van der Waals surface area (Å²) in [7, 11) is 0.598. The van der Waals surface area contributed by atoms with E-state index in [-0.39, 0.29) is 17.2 Å². The van der Waals surface area contributed by atoms with E-state index in [9.17, 15) is 13.4 Å². The summed E-state index contributed by atoms with van der Waals surface area (Å²) in [5.41, 5.74) is 0.414. The summed E-state index contributed by atoms with van der Waals surface area (Å²) in [5, 5.41) is 5.24. The highest BCUT2D eigenvalue weighted by Crippen LogP contribution is 2.18. The van der Waals surface area contributed by atoms with E-state index < -0.39 is 16.6 Å². The highest BCUT2D eigenvalue weighted by molar-refractivity contribution is 7.84. The summed E-state index contributed by atoms with van der Waals surface area (Å²) < 4.78 is 24.2. The standard InChI is InChI=1S/C11H15FN2O2S/c1-13-10-8(4-3-5-9(10)12)11(15)14-6-7-17(2)16/h3-5,13H,6-7H2,1-2H3,(H,14,15). The van der Waals surface area contributed by atoms with Gasteiger partial charge in [-0.1, -0.05) is 6.07 Å². The molecule has 17 heavy (non-hydrogen) atoms. The predicted octanol–water partition coefficient (Wildman–Crippen LogP) is 0.976. The maximum atomic E-state index is 13.4. The number of carbonyl (C=O) groups excluding carboxylic acids is 1. The lowest BCUT2D eigenvalue weighted by Crippen LogP contribution is -2.28. The third-order valence-corrected chi connectivity index (χ3v) is 2.96. The Kier molecular flexibility index (Phi) is 5.09. The van der Waals surface area contributed by atoms with Gasteiger partial charge in [0.25, 0.3) is 5.91 Å². The fourth-order valence-corrected chi connectivity index (χ4v) is 1.76. The van der Waals surface area contributed by atoms with Crippen LogP contribution in [-0.4, -0.2) is 35.7 Å². The third kappa shape index (κ3) is 3.81. The van der Waals surface area contributed by atoms with Gasteiger partial charge in [-0.3, -0.25) is 9.00 Å². The first-order valence-electron chi connectivity index (χ1n) is 5.10. The predicted molar refractivity (Wildman–Crippen MR) is 67.2 cm³/mol. The molecule has 1 aromatic rings. The average molecular weight is 258 g/mol. The third-order valence-electron chi connectivity index (χ3n) is 2.18. The molecule has 1 atom stereocenters. The van der Waals surface area contributed by atoms with E-state index in [2.05, 4.69) is 10.6 Å². The number of carbonyl (C=O) groups is 1. The van der Waals surface area contributed by atoms with Gasteiger partial charge in [-0.15, -0.1) is 0 Å². The van der Waals surface area contributed by atoms with Crippen LogP contribution >= 0.6 is 0 Å². The monoisotopic (exact) mass is 258 g/mol. The van der Waals surface area contributed by atoms with Gasteiger partial charge in [-0.05, 0) is 12.1 Å². The summed E-state index contributed by atoms with van der Waals surface area (Å²) >= 11 is 0. The van der Waals surface area contributed by atoms with Crippen molar-refractivity contribution < 1.29 is 13.4 Å². The first-order chi connectivity index (χ1) is 8.06. The smallest absolute Gasteiger partial charge is 0.253 e. The largest absolute Gasteiger partial charge is 0.385 e. The van der Waals surface area contributed by atoms with Crippen molar-refractivity contribution in [3.63, 3.8) is 0 Å². The number of amides is 1. The zero-order valence-electron chi connectivity index (χ0n) is 9.75. The molecule has 1 unspecified atom stereocenters. The molecule has 0 bridgehead atoms. The molecule has 4 nitrogen and oxygen atoms in total. The molecule has 1 aromatic carbocycles. The molecule has 0 saturated carbocycles. The minimum absolute atomic E-state index is 0.169. The first kappa shape index (κ1) is 13.6. The van der Waals surface area contributed by atoms with E-state index in [1.165, 1.54) is 18.2 Å². The highest BCUT2D eigenvalue weighted by Gasteiger charge is 2.13. The van der Waals surface area contributed by atoms with Gasteiger partial charge >= 0.3 is 0 Å². The Morgan fingerprint density at radius 3 is 2.76 bits per heavy atom. The second-order valence-electron chi connectivity index (χ2n) is 3.45. The molecule has 0 fully saturated rings. The fraction of sp³-hybridized carbons (Fsp3) is 0.364. The number of rotatable bonds is 5. The van der Waals surface area contributed by atoms with Crippen molar-refractivity contribution in [3.05, 3.63) is 29.6 Å². The number of para-hydroxylation sites is 1. The van der Waals surface area contributed by atoms with Gasteiger partial charge in [0.15, 0.2) is 0 Å². The van der Waals surface area contributed by atoms with Gasteiger partial charge < -0.3 is 10.6 Å². The summed E-state index contributed by atoms with van der Waals surface area (Å²) in [6, 6.07) is 4.29. The molecule has 0 saturated heterocycles. The Morgan fingerprint density at radius 1 is 1.47 bits per heavy atom. The van der Waals surface area contributed by atoms with Crippen LogP contribution < -0.4 is 10.6 Å². The number of anilines is 1. The van der Waals surface area contributed by atoms with Crippen molar-refractivity contribution in [2.45, 2.75) is 0 Å². The minimum Gasteiger partial charge on any atom is -0.385 e. The molecule has 94 valence electrons. The van der Waals surface area contributed by atoms with Crippen LogP contribution in [0.5, 0.6) is 0 Å². The van der Waals surface area contributed by atoms with Gasteiger partial charge in [0.05, 0.1) is 11.3 Å². The van der Waals surface area contributed by atoms with E-state index in [1.54, 1.807) is 13.3 Å². The number of benzene rings is 1. The lowest BCUT2D eigenvalue weighted by Gasteiger charge is -2.10. The van der Waals surface area contributed by atoms with E-state index in [1.807, 2.05) is 0 Å². The van der Waals surface area contributed by atoms with Crippen molar-refractivity contribution in [2.24, 2.45) is 0 Å². The SMILES string of the molecule is CNc1c(F)cccc1C(=O)NCCS(C)=O. The lowest BCUT2D eigenvalue weighted by atomic mass is 10.1. The van der Waals surface area contributed by atoms with Gasteiger partial charge in [-0.25, -0.2) is 4.39 Å². The minimum atomic E-state index is -0.954. The maximum absolute atomic E-state index is 13.4. The van der Waals surface area contributed by atoms with Crippen LogP contribution in [0.3, 0.4) is 0 Å². The second kappa shape index (κ2) is 6.34. The Hall–Kier alpha value is -1.43. The molecule has 0 aliphatic carbocycles. The van der Waals surface area contributed by atoms with Crippen LogP contribution in [0.15, 0.2) is 18.2 Å². The Bertz CT molecular complexity index is 437. The average Bonchev–Trinajstić information content (AvgIpc) is 2.28. The number of hydrogen-bond donors (Lipinski definition) is 2. The Balaban J connectivity index is 2.75. The van der Waals surface area contributed by atoms with Gasteiger partial charge in [0.1, 0.15) is 5.82 Å². The van der Waals surface area contributed by atoms with Gasteiger partial charge in [-0.2, -0.15) is 0 Å². The highest BCUT2D eigenvalue weighted by atomic mass is 32.2. The van der Waals surface area contributed by atoms with Crippen molar-refractivity contribution in [2.75, 3.05) is 30.9 Å². The topological polar surface area (TPSA) is 58.2 Å². The van der Waals surface area contributed by atoms with Crippen LogP contribution in [-0.2, 0) is 10.8 Å². The van der Waals surface area contributed by atoms with Gasteiger partial charge in [0.2, 0.25) is 0 Å². The van der Waals surface area contributed by atoms with Crippen molar-refractivity contribution in [3.8, 4) is 0 Å². The van der Waals surface area contributed by atoms with Crippen molar-refractivity contribution in [1.29, 1.82) is 0 Å². The van der Waals surface area contributed by atoms with Crippen LogP contribution in [0, 0.1) is 5.82 Å².